The summed E-state index contributed by atoms with van der Waals surface area (Å²) in [5, 5.41) is 28.2. The highest BCUT2D eigenvalue weighted by atomic mass is 32.1. The van der Waals surface area contributed by atoms with Gasteiger partial charge < -0.3 is 55.2 Å². The first-order valence-corrected chi connectivity index (χ1v) is 31.7. The van der Waals surface area contributed by atoms with Crippen molar-refractivity contribution < 1.29 is 52.8 Å². The average Bonchev–Trinajstić information content (AvgIpc) is 1.95. The average molecular weight is 1230 g/mol. The number of rotatable bonds is 34. The molecule has 0 spiro atoms. The van der Waals surface area contributed by atoms with Crippen molar-refractivity contribution in [2.75, 3.05) is 109 Å². The van der Waals surface area contributed by atoms with Gasteiger partial charge in [-0.05, 0) is 98.6 Å². The van der Waals surface area contributed by atoms with Crippen LogP contribution >= 0.6 is 11.3 Å². The number of ketones is 3. The van der Waals surface area contributed by atoms with Crippen molar-refractivity contribution in [3.63, 3.8) is 0 Å². The summed E-state index contributed by atoms with van der Waals surface area (Å²) in [7, 11) is 0. The smallest absolute Gasteiger partial charge is 0.243 e. The molecule has 1 aliphatic carbocycles. The third-order valence-electron chi connectivity index (χ3n) is 16.1. The van der Waals surface area contributed by atoms with Crippen molar-refractivity contribution >= 4 is 64.1 Å². The predicted octanol–water partition coefficient (Wildman–Crippen LogP) is 8.18. The van der Waals surface area contributed by atoms with E-state index in [1.54, 1.807) is 11.3 Å². The molecule has 0 saturated carbocycles. The lowest BCUT2D eigenvalue weighted by Gasteiger charge is -2.35. The lowest BCUT2D eigenvalue weighted by molar-refractivity contribution is -0.146. The van der Waals surface area contributed by atoms with Gasteiger partial charge in [0.15, 0.2) is 11.6 Å². The minimum Gasteiger partial charge on any atom is -0.391 e. The zero-order valence-electron chi connectivity index (χ0n) is 52.7. The number of aliphatic hydroxyl groups excluding tert-OH is 1. The van der Waals surface area contributed by atoms with E-state index in [2.05, 4.69) is 30.7 Å². The second kappa shape index (κ2) is 33.7. The number of allylic oxidation sites excluding steroid dienone is 4. The van der Waals surface area contributed by atoms with E-state index < -0.39 is 23.5 Å². The van der Waals surface area contributed by atoms with Crippen LogP contribution in [-0.4, -0.2) is 183 Å². The summed E-state index contributed by atoms with van der Waals surface area (Å²) in [6, 6.07) is 14.9. The Labute approximate surface area is 522 Å². The topological polar surface area (TPSA) is 255 Å². The van der Waals surface area contributed by atoms with E-state index in [0.29, 0.717) is 74.8 Å². The number of nitrogens with one attached hydrogen (secondary N) is 4. The Kier molecular flexibility index (Phi) is 26.2. The van der Waals surface area contributed by atoms with Gasteiger partial charge in [-0.3, -0.25) is 33.7 Å². The van der Waals surface area contributed by atoms with E-state index >= 15 is 0 Å². The van der Waals surface area contributed by atoms with Crippen molar-refractivity contribution in [3.05, 3.63) is 105 Å². The summed E-state index contributed by atoms with van der Waals surface area (Å²) in [5.74, 6) is -0.750. The number of piperazine rings is 1. The van der Waals surface area contributed by atoms with Crippen molar-refractivity contribution in [1.29, 1.82) is 5.41 Å². The predicted molar refractivity (Wildman–Crippen MR) is 343 cm³/mol. The first kappa shape index (κ1) is 68.6. The molecule has 2 fully saturated rings. The Hall–Kier alpha value is -6.85. The van der Waals surface area contributed by atoms with Crippen LogP contribution in [0.1, 0.15) is 121 Å². The van der Waals surface area contributed by atoms with Crippen LogP contribution in [0.3, 0.4) is 0 Å². The molecule has 2 aromatic heterocycles. The van der Waals surface area contributed by atoms with Gasteiger partial charge >= 0.3 is 0 Å². The van der Waals surface area contributed by atoms with Crippen LogP contribution in [0.15, 0.2) is 83.0 Å². The number of anilines is 2. The number of amides is 3. The molecule has 3 aliphatic rings. The lowest BCUT2D eigenvalue weighted by atomic mass is 9.76. The normalized spacial score (nSPS) is 16.9. The van der Waals surface area contributed by atoms with Crippen molar-refractivity contribution in [3.8, 4) is 21.6 Å². The number of hydrogen-bond acceptors (Lipinski definition) is 18. The van der Waals surface area contributed by atoms with Gasteiger partial charge in [0, 0.05) is 138 Å². The molecule has 3 amide bonds. The van der Waals surface area contributed by atoms with Crippen molar-refractivity contribution in [2.45, 2.75) is 125 Å². The third-order valence-corrected chi connectivity index (χ3v) is 17.1. The molecule has 476 valence electrons. The highest BCUT2D eigenvalue weighted by Gasteiger charge is 2.44. The molecule has 2 aromatic carbocycles. The van der Waals surface area contributed by atoms with E-state index in [0.717, 1.165) is 82.5 Å². The number of aryl methyl sites for hydroxylation is 1. The minimum atomic E-state index is -0.846. The second-order valence-electron chi connectivity index (χ2n) is 24.4. The maximum atomic E-state index is 14.0. The number of benzene rings is 2. The van der Waals surface area contributed by atoms with Crippen LogP contribution in [0.4, 0.5) is 11.5 Å². The fraction of sp³-hybridized carbons (Fsp3) is 0.537. The summed E-state index contributed by atoms with van der Waals surface area (Å²) in [6.07, 6.45) is 5.61. The number of aromatic nitrogens is 2. The Bertz CT molecular complexity index is 3090. The molecule has 20 nitrogen and oxygen atoms in total. The number of hydrogen-bond donors (Lipinski definition) is 5. The molecule has 3 atom stereocenters. The fourth-order valence-electron chi connectivity index (χ4n) is 11.2. The van der Waals surface area contributed by atoms with Gasteiger partial charge in [0.05, 0.1) is 75.0 Å². The molecule has 21 heteroatoms. The van der Waals surface area contributed by atoms with Crippen LogP contribution in [-0.2, 0) is 49.5 Å². The molecule has 7 rings (SSSR count). The zero-order valence-corrected chi connectivity index (χ0v) is 53.5. The Morgan fingerprint density at radius 1 is 0.818 bits per heavy atom. The van der Waals surface area contributed by atoms with Crippen LogP contribution in [0.2, 0.25) is 0 Å². The van der Waals surface area contributed by atoms with Gasteiger partial charge in [0.25, 0.3) is 0 Å². The number of carbonyl (C=O) groups is 6. The monoisotopic (exact) mass is 1230 g/mol. The largest absolute Gasteiger partial charge is 0.391 e. The Morgan fingerprint density at radius 3 is 2.08 bits per heavy atom. The number of aliphatic hydroxyl groups is 1. The Balaban J connectivity index is 0.701. The summed E-state index contributed by atoms with van der Waals surface area (Å²) < 4.78 is 22.5. The van der Waals surface area contributed by atoms with Crippen molar-refractivity contribution in [2.24, 2.45) is 11.3 Å². The van der Waals surface area contributed by atoms with Crippen LogP contribution in [0, 0.1) is 23.7 Å². The van der Waals surface area contributed by atoms with Gasteiger partial charge in [0.2, 0.25) is 17.7 Å². The molecular weight excluding hydrogens is 1140 g/mol. The standard InChI is InChI=1S/C67H91N9O11S/c1-44(2)73-58-36-51(35-55(56(58)39-68)60(79)15-14-54-46(4)33-45(3)34-61(54)80)50-13-16-62(70-41-50)75-23-21-74(22-24-75)20-19-69-63(81)18-26-85-28-30-87-32-31-86-29-27-84-25-17-52(77)37-57(67(6,7)8)66(83)76-42-53(78)38-59(76)65(82)71-40-48-9-11-49(12-10-48)64-47(5)72-43-88-64/h9-13,16,33,35-36,39,41,43-44,53,57,59,68,73,78H,14-15,17-32,34,37-38,40,42H2,1-8H3,(H,69,81)(H,71,82)/t53-,57-,59+/m1/s1. The molecule has 2 aliphatic heterocycles. The molecule has 0 unspecified atom stereocenters. The van der Waals surface area contributed by atoms with E-state index in [-0.39, 0.29) is 106 Å². The van der Waals surface area contributed by atoms with Crippen LogP contribution < -0.4 is 20.9 Å². The number of Topliss-reactive ketones (excluding diaryl/α,β-unsaturated/α-hetero) is 3. The minimum absolute atomic E-state index is 0.00778. The molecule has 88 heavy (non-hydrogen) atoms. The maximum absolute atomic E-state index is 14.0. The van der Waals surface area contributed by atoms with Crippen molar-refractivity contribution in [1.82, 2.24) is 30.4 Å². The fourth-order valence-corrected chi connectivity index (χ4v) is 12.0. The zero-order chi connectivity index (χ0) is 63.3. The first-order chi connectivity index (χ1) is 42.2. The third kappa shape index (κ3) is 20.3. The number of likely N-dealkylation sites (tertiary alicyclic amines) is 1. The van der Waals surface area contributed by atoms with Gasteiger partial charge in [-0.15, -0.1) is 11.3 Å². The SMILES string of the molecule is CC1=CC(C)=C(CCC(=O)c2cc(-c3ccc(N4CCN(CCNC(=O)CCOCCOCCOCCOCCC(=O)C[C@H](C(=O)N5C[C@H](O)C[C@H]5C(=O)NCc5ccc(-c6scnc6C)cc5)C(C)(C)C)CC4)nc3)cc(NC(C)C)c2C=N)C(=O)C1. The second-order valence-corrected chi connectivity index (χ2v) is 25.2. The van der Waals surface area contributed by atoms with E-state index in [4.69, 9.17) is 29.3 Å². The summed E-state index contributed by atoms with van der Waals surface area (Å²) >= 11 is 1.57. The number of carbonyl (C=O) groups excluding carboxylic acids is 6. The van der Waals surface area contributed by atoms with Crippen LogP contribution in [0.5, 0.6) is 0 Å². The maximum Gasteiger partial charge on any atom is 0.243 e. The number of pyridine rings is 1. The molecule has 5 N–H and O–H groups in total. The molecular formula is C67H91N9O11S. The van der Waals surface area contributed by atoms with Gasteiger partial charge in [-0.1, -0.05) is 56.7 Å². The number of thiazole rings is 1. The summed E-state index contributed by atoms with van der Waals surface area (Å²) in [4.78, 5) is 96.1. The van der Waals surface area contributed by atoms with Gasteiger partial charge in [0.1, 0.15) is 17.6 Å². The summed E-state index contributed by atoms with van der Waals surface area (Å²) in [5.41, 5.74) is 10.1. The number of nitrogens with zero attached hydrogens (tertiary/aromatic N) is 5. The summed E-state index contributed by atoms with van der Waals surface area (Å²) in [6.45, 7) is 22.8. The number of ether oxygens (including phenoxy) is 4. The van der Waals surface area contributed by atoms with E-state index in [1.807, 2.05) is 122 Å². The van der Waals surface area contributed by atoms with Gasteiger partial charge in [-0.25, -0.2) is 9.97 Å². The molecule has 0 bridgehead atoms. The highest BCUT2D eigenvalue weighted by Crippen LogP contribution is 2.35. The quantitative estimate of drug-likeness (QED) is 0.0168. The highest BCUT2D eigenvalue weighted by molar-refractivity contribution is 7.13. The first-order valence-electron chi connectivity index (χ1n) is 30.9. The van der Waals surface area contributed by atoms with Gasteiger partial charge in [-0.2, -0.15) is 0 Å². The van der Waals surface area contributed by atoms with E-state index in [9.17, 15) is 33.9 Å². The molecule has 0 radical (unpaired) electrons. The Morgan fingerprint density at radius 2 is 1.48 bits per heavy atom. The number of β-amino-alcohol motifs (C(OH)–C–C–N with tert-alkyl or cyclic N) is 1. The molecule has 4 heterocycles. The molecule has 2 saturated heterocycles. The van der Waals surface area contributed by atoms with Crippen LogP contribution in [0.25, 0.3) is 21.6 Å². The lowest BCUT2D eigenvalue weighted by Crippen LogP contribution is -2.50. The molecule has 4 aromatic rings. The van der Waals surface area contributed by atoms with E-state index in [1.165, 1.54) is 11.1 Å².